The molecule has 0 aliphatic heterocycles. The topological polar surface area (TPSA) is 89.0 Å². The molecule has 7 nitrogen and oxygen atoms in total. The Bertz CT molecular complexity index is 878. The average Bonchev–Trinajstić information content (AvgIpc) is 2.71. The van der Waals surface area contributed by atoms with Crippen LogP contribution < -0.4 is 20.2 Å². The second kappa shape index (κ2) is 10.1. The van der Waals surface area contributed by atoms with Gasteiger partial charge in [0.15, 0.2) is 0 Å². The van der Waals surface area contributed by atoms with Crippen LogP contribution in [0.25, 0.3) is 0 Å². The summed E-state index contributed by atoms with van der Waals surface area (Å²) in [5.41, 5.74) is 5.10. The lowest BCUT2D eigenvalue weighted by Gasteiger charge is -2.10. The van der Waals surface area contributed by atoms with Gasteiger partial charge in [-0.1, -0.05) is 25.1 Å². The van der Waals surface area contributed by atoms with Crippen LogP contribution in [-0.2, 0) is 11.2 Å². The van der Waals surface area contributed by atoms with E-state index >= 15 is 0 Å². The maximum Gasteiger partial charge on any atom is 0.275 e. The van der Waals surface area contributed by atoms with Gasteiger partial charge in [-0.3, -0.25) is 9.59 Å². The highest BCUT2D eigenvalue weighted by Gasteiger charge is 2.13. The van der Waals surface area contributed by atoms with E-state index in [0.717, 1.165) is 17.7 Å². The summed E-state index contributed by atoms with van der Waals surface area (Å²) >= 11 is 0. The van der Waals surface area contributed by atoms with E-state index in [1.165, 1.54) is 14.2 Å². The zero-order valence-corrected chi connectivity index (χ0v) is 16.5. The number of hydrazone groups is 1. The van der Waals surface area contributed by atoms with Crippen LogP contribution in [0.1, 0.15) is 36.2 Å². The molecule has 2 aromatic carbocycles. The summed E-state index contributed by atoms with van der Waals surface area (Å²) in [6.45, 7) is 3.71. The van der Waals surface area contributed by atoms with Gasteiger partial charge in [0.1, 0.15) is 11.5 Å². The predicted octanol–water partition coefficient (Wildman–Crippen LogP) is 3.40. The molecule has 0 unspecified atom stereocenters. The summed E-state index contributed by atoms with van der Waals surface area (Å²) in [7, 11) is 3.00. The number of carbonyl (C=O) groups excluding carboxylic acids is 2. The molecule has 0 fully saturated rings. The van der Waals surface area contributed by atoms with Crippen molar-refractivity contribution in [2.24, 2.45) is 5.10 Å². The summed E-state index contributed by atoms with van der Waals surface area (Å²) in [4.78, 5) is 24.6. The number of methoxy groups -OCH3 is 2. The average molecular weight is 383 g/mol. The minimum absolute atomic E-state index is 0.0675. The van der Waals surface area contributed by atoms with Crippen molar-refractivity contribution in [3.63, 3.8) is 0 Å². The molecule has 2 N–H and O–H groups in total. The third kappa shape index (κ3) is 5.57. The van der Waals surface area contributed by atoms with E-state index in [1.54, 1.807) is 25.1 Å². The first kappa shape index (κ1) is 21.0. The number of rotatable bonds is 8. The second-order valence-corrected chi connectivity index (χ2v) is 6.09. The van der Waals surface area contributed by atoms with Gasteiger partial charge in [0.25, 0.3) is 5.91 Å². The molecule has 0 atom stereocenters. The lowest BCUT2D eigenvalue weighted by Crippen LogP contribution is -2.22. The molecule has 28 heavy (non-hydrogen) atoms. The normalized spacial score (nSPS) is 10.9. The Hall–Kier alpha value is -3.35. The number of ether oxygens (including phenoxy) is 2. The smallest absolute Gasteiger partial charge is 0.275 e. The van der Waals surface area contributed by atoms with Gasteiger partial charge in [-0.15, -0.1) is 0 Å². The van der Waals surface area contributed by atoms with Crippen molar-refractivity contribution >= 4 is 23.2 Å². The number of nitrogens with zero attached hydrogens (tertiary/aromatic N) is 1. The Morgan fingerprint density at radius 3 is 2.50 bits per heavy atom. The van der Waals surface area contributed by atoms with Crippen molar-refractivity contribution in [1.82, 2.24) is 5.43 Å². The SMILES string of the molecule is CCc1ccccc1NC(=O)C/C(C)=N/NC(=O)c1ccc(OC)cc1OC. The van der Waals surface area contributed by atoms with Crippen LogP contribution in [0.5, 0.6) is 11.5 Å². The van der Waals surface area contributed by atoms with Crippen molar-refractivity contribution < 1.29 is 19.1 Å². The van der Waals surface area contributed by atoms with Crippen LogP contribution in [0.4, 0.5) is 5.69 Å². The monoisotopic (exact) mass is 383 g/mol. The molecule has 0 radical (unpaired) electrons. The van der Waals surface area contributed by atoms with Gasteiger partial charge in [0.2, 0.25) is 5.91 Å². The number of aryl methyl sites for hydroxylation is 1. The molecule has 2 rings (SSSR count). The molecule has 148 valence electrons. The van der Waals surface area contributed by atoms with E-state index in [9.17, 15) is 9.59 Å². The first-order valence-electron chi connectivity index (χ1n) is 8.91. The summed E-state index contributed by atoms with van der Waals surface area (Å²) < 4.78 is 10.3. The number of benzene rings is 2. The molecule has 0 saturated heterocycles. The standard InChI is InChI=1S/C21H25N3O4/c1-5-15-8-6-7-9-18(15)22-20(25)12-14(2)23-24-21(26)17-11-10-16(27-3)13-19(17)28-4/h6-11,13H,5,12H2,1-4H3,(H,22,25)(H,24,26)/b23-14+. The molecule has 2 amide bonds. The minimum atomic E-state index is -0.435. The Kier molecular flexibility index (Phi) is 7.56. The zero-order valence-electron chi connectivity index (χ0n) is 16.5. The molecule has 0 heterocycles. The maximum atomic E-state index is 12.3. The summed E-state index contributed by atoms with van der Waals surface area (Å²) in [5, 5.41) is 6.89. The third-order valence-corrected chi connectivity index (χ3v) is 4.09. The first-order chi connectivity index (χ1) is 13.5. The molecule has 0 spiro atoms. The molecule has 0 aliphatic carbocycles. The van der Waals surface area contributed by atoms with Gasteiger partial charge in [0.05, 0.1) is 26.2 Å². The maximum absolute atomic E-state index is 12.3. The molecule has 0 saturated carbocycles. The Labute approximate surface area is 164 Å². The van der Waals surface area contributed by atoms with Gasteiger partial charge in [-0.25, -0.2) is 5.43 Å². The fourth-order valence-electron chi connectivity index (χ4n) is 2.61. The molecular formula is C21H25N3O4. The molecular weight excluding hydrogens is 358 g/mol. The van der Waals surface area contributed by atoms with E-state index in [1.807, 2.05) is 31.2 Å². The first-order valence-corrected chi connectivity index (χ1v) is 8.91. The highest BCUT2D eigenvalue weighted by molar-refractivity contribution is 6.06. The van der Waals surface area contributed by atoms with Crippen LogP contribution in [0, 0.1) is 0 Å². The fraction of sp³-hybridized carbons (Fsp3) is 0.286. The number of para-hydroxylation sites is 1. The van der Waals surface area contributed by atoms with Crippen molar-refractivity contribution in [2.75, 3.05) is 19.5 Å². The Balaban J connectivity index is 1.98. The molecule has 0 aromatic heterocycles. The van der Waals surface area contributed by atoms with Gasteiger partial charge in [-0.05, 0) is 37.1 Å². The number of carbonyl (C=O) groups is 2. The quantitative estimate of drug-likeness (QED) is 0.540. The Morgan fingerprint density at radius 2 is 1.82 bits per heavy atom. The van der Waals surface area contributed by atoms with Crippen LogP contribution in [0.15, 0.2) is 47.6 Å². The van der Waals surface area contributed by atoms with Gasteiger partial charge < -0.3 is 14.8 Å². The van der Waals surface area contributed by atoms with Crippen molar-refractivity contribution in [2.45, 2.75) is 26.7 Å². The number of hydrogen-bond donors (Lipinski definition) is 2. The van der Waals surface area contributed by atoms with E-state index in [2.05, 4.69) is 15.8 Å². The van der Waals surface area contributed by atoms with Gasteiger partial charge >= 0.3 is 0 Å². The zero-order chi connectivity index (χ0) is 20.5. The molecule has 7 heteroatoms. The fourth-order valence-corrected chi connectivity index (χ4v) is 2.61. The van der Waals surface area contributed by atoms with Crippen molar-refractivity contribution in [3.8, 4) is 11.5 Å². The van der Waals surface area contributed by atoms with E-state index in [0.29, 0.717) is 22.8 Å². The molecule has 0 bridgehead atoms. The summed E-state index contributed by atoms with van der Waals surface area (Å²) in [6, 6.07) is 12.5. The van der Waals surface area contributed by atoms with Crippen LogP contribution in [0.3, 0.4) is 0 Å². The van der Waals surface area contributed by atoms with Crippen LogP contribution >= 0.6 is 0 Å². The number of nitrogens with one attached hydrogen (secondary N) is 2. The predicted molar refractivity (Wildman–Crippen MR) is 109 cm³/mol. The highest BCUT2D eigenvalue weighted by Crippen LogP contribution is 2.24. The lowest BCUT2D eigenvalue weighted by molar-refractivity contribution is -0.115. The van der Waals surface area contributed by atoms with Crippen LogP contribution in [-0.4, -0.2) is 31.7 Å². The van der Waals surface area contributed by atoms with Crippen LogP contribution in [0.2, 0.25) is 0 Å². The largest absolute Gasteiger partial charge is 0.497 e. The van der Waals surface area contributed by atoms with E-state index in [4.69, 9.17) is 9.47 Å². The van der Waals surface area contributed by atoms with Crippen molar-refractivity contribution in [1.29, 1.82) is 0 Å². The minimum Gasteiger partial charge on any atom is -0.497 e. The molecule has 0 aliphatic rings. The van der Waals surface area contributed by atoms with Gasteiger partial charge in [0, 0.05) is 17.5 Å². The lowest BCUT2D eigenvalue weighted by atomic mass is 10.1. The van der Waals surface area contributed by atoms with E-state index in [-0.39, 0.29) is 12.3 Å². The van der Waals surface area contributed by atoms with E-state index < -0.39 is 5.91 Å². The third-order valence-electron chi connectivity index (χ3n) is 4.09. The number of anilines is 1. The number of amides is 2. The number of hydrogen-bond acceptors (Lipinski definition) is 5. The highest BCUT2D eigenvalue weighted by atomic mass is 16.5. The van der Waals surface area contributed by atoms with Gasteiger partial charge in [-0.2, -0.15) is 5.10 Å². The molecule has 2 aromatic rings. The summed E-state index contributed by atoms with van der Waals surface area (Å²) in [5.74, 6) is 0.324. The summed E-state index contributed by atoms with van der Waals surface area (Å²) in [6.07, 6.45) is 0.890. The van der Waals surface area contributed by atoms with Crippen molar-refractivity contribution in [3.05, 3.63) is 53.6 Å². The Morgan fingerprint density at radius 1 is 1.07 bits per heavy atom. The second-order valence-electron chi connectivity index (χ2n) is 6.09.